The minimum Gasteiger partial charge on any atom is -0.491 e. The van der Waals surface area contributed by atoms with E-state index in [1.54, 1.807) is 36.2 Å². The van der Waals surface area contributed by atoms with Crippen molar-refractivity contribution in [2.24, 2.45) is 0 Å². The molecule has 29 heavy (non-hydrogen) atoms. The third-order valence-corrected chi connectivity index (χ3v) is 5.07. The summed E-state index contributed by atoms with van der Waals surface area (Å²) in [6.45, 7) is 1.77. The molecular formula is C22H21FN2O3S. The number of aromatic nitrogens is 1. The zero-order valence-electron chi connectivity index (χ0n) is 16.1. The Morgan fingerprint density at radius 1 is 1.14 bits per heavy atom. The molecule has 0 atom stereocenters. The molecule has 0 saturated heterocycles. The average Bonchev–Trinajstić information content (AvgIpc) is 2.73. The monoisotopic (exact) mass is 412 g/mol. The summed E-state index contributed by atoms with van der Waals surface area (Å²) in [5.41, 5.74) is 2.11. The van der Waals surface area contributed by atoms with E-state index in [0.717, 1.165) is 10.6 Å². The van der Waals surface area contributed by atoms with Crippen molar-refractivity contribution in [3.63, 3.8) is 0 Å². The van der Waals surface area contributed by atoms with E-state index in [9.17, 15) is 9.18 Å². The number of amides is 1. The number of halogens is 1. The fraction of sp³-hybridized carbons (Fsp3) is 0.182. The van der Waals surface area contributed by atoms with Gasteiger partial charge in [0.25, 0.3) is 5.91 Å². The highest BCUT2D eigenvalue weighted by Gasteiger charge is 2.12. The number of benzene rings is 2. The number of anilines is 1. The summed E-state index contributed by atoms with van der Waals surface area (Å²) in [5, 5.41) is 2.48. The molecule has 1 N–H and O–H groups in total. The molecule has 1 heterocycles. The number of carbonyl (C=O) groups excluding carboxylic acids is 1. The minimum atomic E-state index is -0.502. The fourth-order valence-corrected chi connectivity index (χ4v) is 3.29. The molecule has 150 valence electrons. The van der Waals surface area contributed by atoms with E-state index in [1.807, 2.05) is 6.92 Å². The number of nitrogens with one attached hydrogen (secondary N) is 1. The summed E-state index contributed by atoms with van der Waals surface area (Å²) in [4.78, 5) is 17.6. The normalized spacial score (nSPS) is 10.4. The number of hydrogen-bond donors (Lipinski definition) is 1. The molecular weight excluding hydrogens is 391 g/mol. The van der Waals surface area contributed by atoms with E-state index in [2.05, 4.69) is 34.6 Å². The average molecular weight is 412 g/mol. The Hall–Kier alpha value is -3.06. The Bertz CT molecular complexity index is 980. The van der Waals surface area contributed by atoms with E-state index in [0.29, 0.717) is 17.3 Å². The van der Waals surface area contributed by atoms with Crippen molar-refractivity contribution in [2.75, 3.05) is 19.0 Å². The topological polar surface area (TPSA) is 60.5 Å². The third-order valence-electron chi connectivity index (χ3n) is 4.02. The smallest absolute Gasteiger partial charge is 0.262 e. The maximum Gasteiger partial charge on any atom is 0.262 e. The second-order valence-electron chi connectivity index (χ2n) is 6.24. The van der Waals surface area contributed by atoms with Crippen LogP contribution in [0.15, 0.2) is 65.7 Å². The quantitative estimate of drug-likeness (QED) is 0.536. The van der Waals surface area contributed by atoms with Gasteiger partial charge in [0.15, 0.2) is 18.1 Å². The zero-order chi connectivity index (χ0) is 20.6. The van der Waals surface area contributed by atoms with Gasteiger partial charge in [-0.05, 0) is 31.2 Å². The van der Waals surface area contributed by atoms with Gasteiger partial charge in [0.1, 0.15) is 5.82 Å². The van der Waals surface area contributed by atoms with Crippen LogP contribution in [0.3, 0.4) is 0 Å². The van der Waals surface area contributed by atoms with Gasteiger partial charge in [-0.1, -0.05) is 29.8 Å². The summed E-state index contributed by atoms with van der Waals surface area (Å²) in [6, 6.07) is 16.0. The molecule has 1 aromatic heterocycles. The highest BCUT2D eigenvalue weighted by atomic mass is 32.2. The van der Waals surface area contributed by atoms with Crippen LogP contribution in [0, 0.1) is 12.7 Å². The fourth-order valence-electron chi connectivity index (χ4n) is 2.49. The number of methoxy groups -OCH3 is 1. The molecule has 7 heteroatoms. The molecule has 3 aromatic rings. The minimum absolute atomic E-state index is 0.109. The Labute approximate surface area is 173 Å². The SMILES string of the molecule is COc1cnc(CSc2ccc(C)cc2)cc1OCC(=O)Nc1ccccc1F. The van der Waals surface area contributed by atoms with Crippen molar-refractivity contribution in [1.82, 2.24) is 4.98 Å². The number of ether oxygens (including phenoxy) is 2. The van der Waals surface area contributed by atoms with Crippen LogP contribution in [0.25, 0.3) is 0 Å². The first-order chi connectivity index (χ1) is 14.0. The lowest BCUT2D eigenvalue weighted by atomic mass is 10.2. The summed E-state index contributed by atoms with van der Waals surface area (Å²) < 4.78 is 24.5. The number of carbonyl (C=O) groups is 1. The van der Waals surface area contributed by atoms with Crippen LogP contribution >= 0.6 is 11.8 Å². The first-order valence-corrected chi connectivity index (χ1v) is 9.93. The van der Waals surface area contributed by atoms with Crippen molar-refractivity contribution in [1.29, 1.82) is 0 Å². The molecule has 0 aliphatic rings. The van der Waals surface area contributed by atoms with Gasteiger partial charge in [0.05, 0.1) is 24.7 Å². The lowest BCUT2D eigenvalue weighted by Gasteiger charge is -2.12. The number of thioether (sulfide) groups is 1. The lowest BCUT2D eigenvalue weighted by molar-refractivity contribution is -0.118. The van der Waals surface area contributed by atoms with Gasteiger partial charge in [0, 0.05) is 16.7 Å². The highest BCUT2D eigenvalue weighted by Crippen LogP contribution is 2.29. The first kappa shape index (κ1) is 20.7. The number of aryl methyl sites for hydroxylation is 1. The summed E-state index contributed by atoms with van der Waals surface area (Å²) in [7, 11) is 1.50. The predicted molar refractivity (Wildman–Crippen MR) is 112 cm³/mol. The van der Waals surface area contributed by atoms with Crippen molar-refractivity contribution in [3.05, 3.63) is 77.9 Å². The van der Waals surface area contributed by atoms with Gasteiger partial charge >= 0.3 is 0 Å². The van der Waals surface area contributed by atoms with Gasteiger partial charge in [0.2, 0.25) is 0 Å². The molecule has 0 saturated carbocycles. The molecule has 3 rings (SSSR count). The first-order valence-electron chi connectivity index (χ1n) is 8.94. The van der Waals surface area contributed by atoms with Crippen molar-refractivity contribution in [2.45, 2.75) is 17.6 Å². The van der Waals surface area contributed by atoms with E-state index >= 15 is 0 Å². The lowest BCUT2D eigenvalue weighted by Crippen LogP contribution is -2.21. The van der Waals surface area contributed by atoms with Crippen LogP contribution in [0.5, 0.6) is 11.5 Å². The maximum absolute atomic E-state index is 13.6. The molecule has 0 aliphatic heterocycles. The summed E-state index contributed by atoms with van der Waals surface area (Å²) in [6.07, 6.45) is 1.56. The molecule has 0 bridgehead atoms. The van der Waals surface area contributed by atoms with E-state index in [-0.39, 0.29) is 12.3 Å². The second-order valence-corrected chi connectivity index (χ2v) is 7.29. The molecule has 0 unspecified atom stereocenters. The molecule has 5 nitrogen and oxygen atoms in total. The Morgan fingerprint density at radius 3 is 2.62 bits per heavy atom. The van der Waals surface area contributed by atoms with Crippen LogP contribution in [0.1, 0.15) is 11.3 Å². The van der Waals surface area contributed by atoms with E-state index < -0.39 is 11.7 Å². The van der Waals surface area contributed by atoms with Crippen LogP contribution < -0.4 is 14.8 Å². The Morgan fingerprint density at radius 2 is 1.90 bits per heavy atom. The van der Waals surface area contributed by atoms with Crippen LogP contribution in [-0.2, 0) is 10.5 Å². The number of rotatable bonds is 8. The Kier molecular flexibility index (Phi) is 7.08. The van der Waals surface area contributed by atoms with Crippen LogP contribution in [0.4, 0.5) is 10.1 Å². The van der Waals surface area contributed by atoms with Crippen LogP contribution in [-0.4, -0.2) is 24.6 Å². The zero-order valence-corrected chi connectivity index (χ0v) is 17.0. The van der Waals surface area contributed by atoms with Gasteiger partial charge in [-0.25, -0.2) is 4.39 Å². The van der Waals surface area contributed by atoms with Crippen molar-refractivity contribution >= 4 is 23.4 Å². The molecule has 0 aliphatic carbocycles. The van der Waals surface area contributed by atoms with Crippen LogP contribution in [0.2, 0.25) is 0 Å². The molecule has 0 spiro atoms. The van der Waals surface area contributed by atoms with Crippen molar-refractivity contribution in [3.8, 4) is 11.5 Å². The van der Waals surface area contributed by atoms with Gasteiger partial charge in [-0.3, -0.25) is 9.78 Å². The van der Waals surface area contributed by atoms with Gasteiger partial charge in [-0.15, -0.1) is 11.8 Å². The third kappa shape index (κ3) is 5.96. The molecule has 2 aromatic carbocycles. The standard InChI is InChI=1S/C22H21FN2O3S/c1-15-7-9-17(10-8-15)29-14-16-11-20(21(27-2)12-24-16)28-13-22(26)25-19-6-4-3-5-18(19)23/h3-12H,13-14H2,1-2H3,(H,25,26). The number of para-hydroxylation sites is 1. The second kappa shape index (κ2) is 9.93. The molecule has 0 fully saturated rings. The largest absolute Gasteiger partial charge is 0.491 e. The predicted octanol–water partition coefficient (Wildman–Crippen LogP) is 4.85. The maximum atomic E-state index is 13.6. The number of nitrogens with zero attached hydrogens (tertiary/aromatic N) is 1. The number of pyridine rings is 1. The van der Waals surface area contributed by atoms with Crippen molar-refractivity contribution < 1.29 is 18.7 Å². The van der Waals surface area contributed by atoms with Gasteiger partial charge in [-0.2, -0.15) is 0 Å². The van der Waals surface area contributed by atoms with E-state index in [4.69, 9.17) is 9.47 Å². The Balaban J connectivity index is 1.61. The van der Waals surface area contributed by atoms with E-state index in [1.165, 1.54) is 24.8 Å². The summed E-state index contributed by atoms with van der Waals surface area (Å²) in [5.74, 6) is 0.506. The van der Waals surface area contributed by atoms with Gasteiger partial charge < -0.3 is 14.8 Å². The highest BCUT2D eigenvalue weighted by molar-refractivity contribution is 7.98. The molecule has 0 radical (unpaired) electrons. The molecule has 1 amide bonds. The summed E-state index contributed by atoms with van der Waals surface area (Å²) >= 11 is 1.65. The number of hydrogen-bond acceptors (Lipinski definition) is 5.